The number of halogens is 1. The van der Waals surface area contributed by atoms with Gasteiger partial charge in [0, 0.05) is 17.0 Å². The lowest BCUT2D eigenvalue weighted by Crippen LogP contribution is -2.42. The fraction of sp³-hybridized carbons (Fsp3) is 0.538. The Morgan fingerprint density at radius 2 is 2.19 bits per heavy atom. The number of rotatable bonds is 1. The van der Waals surface area contributed by atoms with E-state index in [2.05, 4.69) is 13.8 Å². The minimum atomic E-state index is -0.491. The van der Waals surface area contributed by atoms with Crippen LogP contribution in [0.1, 0.15) is 38.9 Å². The second kappa shape index (κ2) is 3.94. The predicted octanol–water partition coefficient (Wildman–Crippen LogP) is 3.57. The van der Waals surface area contributed by atoms with Gasteiger partial charge in [-0.25, -0.2) is 0 Å². The summed E-state index contributed by atoms with van der Waals surface area (Å²) in [7, 11) is 0. The van der Waals surface area contributed by atoms with Gasteiger partial charge in [0.1, 0.15) is 11.4 Å². The summed E-state index contributed by atoms with van der Waals surface area (Å²) in [5.74, 6) is 1.10. The van der Waals surface area contributed by atoms with E-state index in [1.807, 2.05) is 13.0 Å². The molecule has 0 fully saturated rings. The molecule has 16 heavy (non-hydrogen) atoms. The molecule has 1 aromatic rings. The number of hydrogen-bond donors (Lipinski definition) is 1. The number of aliphatic hydroxyl groups excluding tert-OH is 1. The molecule has 0 aliphatic carbocycles. The van der Waals surface area contributed by atoms with Crippen molar-refractivity contribution < 1.29 is 9.84 Å². The molecule has 0 bridgehead atoms. The van der Waals surface area contributed by atoms with Gasteiger partial charge in [-0.3, -0.25) is 0 Å². The lowest BCUT2D eigenvalue weighted by atomic mass is 9.82. The van der Waals surface area contributed by atoms with Crippen LogP contribution in [0, 0.1) is 5.92 Å². The smallest absolute Gasteiger partial charge is 0.126 e. The summed E-state index contributed by atoms with van der Waals surface area (Å²) in [6.07, 6.45) is 0.118. The molecule has 1 aliphatic rings. The number of fused-ring (bicyclic) bond motifs is 1. The molecule has 1 N–H and O–H groups in total. The monoisotopic (exact) mass is 240 g/mol. The van der Waals surface area contributed by atoms with Crippen molar-refractivity contribution in [3.05, 3.63) is 28.8 Å². The normalized spacial score (nSPS) is 28.8. The zero-order chi connectivity index (χ0) is 11.9. The summed E-state index contributed by atoms with van der Waals surface area (Å²) in [6.45, 7) is 6.25. The first-order valence-electron chi connectivity index (χ1n) is 5.59. The van der Waals surface area contributed by atoms with E-state index in [0.29, 0.717) is 17.4 Å². The maximum Gasteiger partial charge on any atom is 0.126 e. The standard InChI is InChI=1S/C13H17ClO2/c1-8(2)13(3)7-11(15)10-6-9(14)4-5-12(10)16-13/h4-6,8,11,15H,7H2,1-3H3/t11-,13?/m1/s1. The number of benzene rings is 1. The number of aliphatic hydroxyl groups is 1. The number of ether oxygens (including phenoxy) is 1. The average molecular weight is 241 g/mol. The van der Waals surface area contributed by atoms with E-state index in [0.717, 1.165) is 11.3 Å². The molecule has 2 rings (SSSR count). The average Bonchev–Trinajstić information content (AvgIpc) is 2.19. The topological polar surface area (TPSA) is 29.5 Å². The molecule has 2 nitrogen and oxygen atoms in total. The Kier molecular flexibility index (Phi) is 2.89. The van der Waals surface area contributed by atoms with E-state index in [1.54, 1.807) is 12.1 Å². The van der Waals surface area contributed by atoms with Crippen LogP contribution in [0.15, 0.2) is 18.2 Å². The first-order chi connectivity index (χ1) is 7.42. The largest absolute Gasteiger partial charge is 0.487 e. The van der Waals surface area contributed by atoms with Gasteiger partial charge in [-0.15, -0.1) is 0 Å². The van der Waals surface area contributed by atoms with Crippen molar-refractivity contribution in [3.8, 4) is 5.75 Å². The van der Waals surface area contributed by atoms with Crippen LogP contribution in [-0.2, 0) is 0 Å². The van der Waals surface area contributed by atoms with E-state index in [1.165, 1.54) is 0 Å². The van der Waals surface area contributed by atoms with Crippen LogP contribution in [0.4, 0.5) is 0 Å². The van der Waals surface area contributed by atoms with Crippen LogP contribution in [0.2, 0.25) is 5.02 Å². The first-order valence-corrected chi connectivity index (χ1v) is 5.97. The van der Waals surface area contributed by atoms with E-state index in [-0.39, 0.29) is 5.60 Å². The maximum absolute atomic E-state index is 10.1. The number of hydrogen-bond acceptors (Lipinski definition) is 2. The molecule has 0 saturated carbocycles. The maximum atomic E-state index is 10.1. The van der Waals surface area contributed by atoms with Gasteiger partial charge in [-0.05, 0) is 31.0 Å². The van der Waals surface area contributed by atoms with Crippen molar-refractivity contribution in [1.82, 2.24) is 0 Å². The van der Waals surface area contributed by atoms with Gasteiger partial charge in [0.2, 0.25) is 0 Å². The van der Waals surface area contributed by atoms with Crippen molar-refractivity contribution in [2.45, 2.75) is 38.9 Å². The Morgan fingerprint density at radius 3 is 2.81 bits per heavy atom. The summed E-state index contributed by atoms with van der Waals surface area (Å²) in [5, 5.41) is 10.8. The molecule has 0 radical (unpaired) electrons. The van der Waals surface area contributed by atoms with Crippen molar-refractivity contribution in [2.75, 3.05) is 0 Å². The predicted molar refractivity (Wildman–Crippen MR) is 64.9 cm³/mol. The molecule has 1 aromatic carbocycles. The molecule has 1 heterocycles. The van der Waals surface area contributed by atoms with E-state index >= 15 is 0 Å². The van der Waals surface area contributed by atoms with Crippen molar-refractivity contribution in [2.24, 2.45) is 5.92 Å². The van der Waals surface area contributed by atoms with Gasteiger partial charge in [-0.2, -0.15) is 0 Å². The van der Waals surface area contributed by atoms with Crippen LogP contribution >= 0.6 is 11.6 Å². The summed E-state index contributed by atoms with van der Waals surface area (Å²) in [6, 6.07) is 5.40. The van der Waals surface area contributed by atoms with E-state index in [4.69, 9.17) is 16.3 Å². The molecule has 0 aromatic heterocycles. The SMILES string of the molecule is CC(C)C1(C)C[C@@H](O)c2cc(Cl)ccc2O1. The summed E-state index contributed by atoms with van der Waals surface area (Å²) >= 11 is 5.91. The van der Waals surface area contributed by atoms with Crippen molar-refractivity contribution >= 4 is 11.6 Å². The summed E-state index contributed by atoms with van der Waals surface area (Å²) < 4.78 is 5.99. The third-order valence-electron chi connectivity index (χ3n) is 3.49. The van der Waals surface area contributed by atoms with Crippen LogP contribution < -0.4 is 4.74 Å². The highest BCUT2D eigenvalue weighted by Crippen LogP contribution is 2.43. The van der Waals surface area contributed by atoms with Crippen LogP contribution in [0.5, 0.6) is 5.75 Å². The van der Waals surface area contributed by atoms with Crippen molar-refractivity contribution in [1.29, 1.82) is 0 Å². The molecule has 0 spiro atoms. The molecular weight excluding hydrogens is 224 g/mol. The lowest BCUT2D eigenvalue weighted by molar-refractivity contribution is -0.0321. The lowest BCUT2D eigenvalue weighted by Gasteiger charge is -2.41. The Morgan fingerprint density at radius 1 is 1.50 bits per heavy atom. The second-order valence-corrected chi connectivity index (χ2v) is 5.41. The summed E-state index contributed by atoms with van der Waals surface area (Å²) in [4.78, 5) is 0. The minimum Gasteiger partial charge on any atom is -0.487 e. The van der Waals surface area contributed by atoms with Gasteiger partial charge >= 0.3 is 0 Å². The van der Waals surface area contributed by atoms with Gasteiger partial charge in [0.25, 0.3) is 0 Å². The Bertz CT molecular complexity index is 403. The second-order valence-electron chi connectivity index (χ2n) is 4.97. The fourth-order valence-corrected chi connectivity index (χ4v) is 2.19. The third kappa shape index (κ3) is 1.92. The van der Waals surface area contributed by atoms with E-state index in [9.17, 15) is 5.11 Å². The molecule has 0 saturated heterocycles. The molecule has 1 unspecified atom stereocenters. The van der Waals surface area contributed by atoms with Crippen LogP contribution in [-0.4, -0.2) is 10.7 Å². The van der Waals surface area contributed by atoms with E-state index < -0.39 is 6.10 Å². The highest BCUT2D eigenvalue weighted by Gasteiger charge is 2.39. The van der Waals surface area contributed by atoms with Gasteiger partial charge in [0.05, 0.1) is 6.10 Å². The Labute approximate surface area is 101 Å². The molecule has 3 heteroatoms. The minimum absolute atomic E-state index is 0.305. The Hall–Kier alpha value is -0.730. The molecular formula is C13H17ClO2. The van der Waals surface area contributed by atoms with Crippen molar-refractivity contribution in [3.63, 3.8) is 0 Å². The zero-order valence-corrected chi connectivity index (χ0v) is 10.6. The third-order valence-corrected chi connectivity index (χ3v) is 3.73. The van der Waals surface area contributed by atoms with Gasteiger partial charge in [-0.1, -0.05) is 25.4 Å². The van der Waals surface area contributed by atoms with Gasteiger partial charge in [0.15, 0.2) is 0 Å². The van der Waals surface area contributed by atoms with Crippen LogP contribution in [0.3, 0.4) is 0 Å². The zero-order valence-electron chi connectivity index (χ0n) is 9.83. The fourth-order valence-electron chi connectivity index (χ4n) is 2.01. The summed E-state index contributed by atoms with van der Waals surface area (Å²) in [5.41, 5.74) is 0.492. The highest BCUT2D eigenvalue weighted by molar-refractivity contribution is 6.30. The molecule has 88 valence electrons. The van der Waals surface area contributed by atoms with Gasteiger partial charge < -0.3 is 9.84 Å². The first kappa shape index (κ1) is 11.7. The highest BCUT2D eigenvalue weighted by atomic mass is 35.5. The van der Waals surface area contributed by atoms with Crippen LogP contribution in [0.25, 0.3) is 0 Å². The molecule has 2 atom stereocenters. The molecule has 0 amide bonds. The Balaban J connectivity index is 2.40. The quantitative estimate of drug-likeness (QED) is 0.813. The molecule has 1 aliphatic heterocycles.